The van der Waals surface area contributed by atoms with Crippen molar-refractivity contribution >= 4 is 5.97 Å². The van der Waals surface area contributed by atoms with Gasteiger partial charge in [0.25, 0.3) is 0 Å². The number of ether oxygens (including phenoxy) is 1. The van der Waals surface area contributed by atoms with Gasteiger partial charge in [0.05, 0.1) is 18.2 Å². The Morgan fingerprint density at radius 2 is 2.09 bits per heavy atom. The van der Waals surface area contributed by atoms with Crippen LogP contribution in [0, 0.1) is 22.7 Å². The Balaban J connectivity index is 2.26. The number of esters is 1. The molecule has 0 bridgehead atoms. The number of hydrogen-bond acceptors (Lipinski definition) is 4. The molecule has 0 aliphatic carbocycles. The molecule has 1 aliphatic rings. The molecule has 1 aromatic carbocycles. The number of nitrogens with zero attached hydrogens (tertiary/aromatic N) is 2. The van der Waals surface area contributed by atoms with Crippen LogP contribution in [0.3, 0.4) is 0 Å². The lowest BCUT2D eigenvalue weighted by atomic mass is 9.68. The molecule has 4 nitrogen and oxygen atoms in total. The largest absolute Gasteiger partial charge is 0.465 e. The first kappa shape index (κ1) is 16.5. The van der Waals surface area contributed by atoms with E-state index >= 15 is 0 Å². The molecular weight excluding hydrogens is 276 g/mol. The van der Waals surface area contributed by atoms with Gasteiger partial charge in [-0.3, -0.25) is 9.69 Å². The predicted octanol–water partition coefficient (Wildman–Crippen LogP) is 2.99. The van der Waals surface area contributed by atoms with E-state index in [0.29, 0.717) is 6.61 Å². The number of benzene rings is 1. The smallest absolute Gasteiger partial charge is 0.328 e. The zero-order valence-corrected chi connectivity index (χ0v) is 13.8. The van der Waals surface area contributed by atoms with Crippen LogP contribution in [-0.4, -0.2) is 29.6 Å². The average Bonchev–Trinajstić information content (AvgIpc) is 3.12. The molecule has 1 fully saturated rings. The van der Waals surface area contributed by atoms with Gasteiger partial charge in [0.1, 0.15) is 0 Å². The molecule has 1 saturated heterocycles. The van der Waals surface area contributed by atoms with Crippen LogP contribution in [0.15, 0.2) is 30.3 Å². The van der Waals surface area contributed by atoms with Gasteiger partial charge in [-0.2, -0.15) is 5.26 Å². The van der Waals surface area contributed by atoms with E-state index in [0.717, 1.165) is 13.1 Å². The third-order valence-corrected chi connectivity index (χ3v) is 4.80. The Hall–Kier alpha value is -1.86. The second kappa shape index (κ2) is 6.10. The molecular formula is C18H24N2O2. The number of rotatable bonds is 6. The summed E-state index contributed by atoms with van der Waals surface area (Å²) in [7, 11) is 0. The number of carbonyl (C=O) groups is 1. The normalized spacial score (nSPS) is 26.1. The summed E-state index contributed by atoms with van der Waals surface area (Å²) in [6, 6.07) is 12.4. The Morgan fingerprint density at radius 3 is 2.59 bits per heavy atom. The second-order valence-corrected chi connectivity index (χ2v) is 6.41. The molecule has 22 heavy (non-hydrogen) atoms. The van der Waals surface area contributed by atoms with Crippen LogP contribution < -0.4 is 0 Å². The highest BCUT2D eigenvalue weighted by Crippen LogP contribution is 2.52. The van der Waals surface area contributed by atoms with Gasteiger partial charge in [0.15, 0.2) is 5.41 Å². The number of hydrogen-bond donors (Lipinski definition) is 0. The molecule has 1 aromatic rings. The highest BCUT2D eigenvalue weighted by Gasteiger charge is 2.68. The summed E-state index contributed by atoms with van der Waals surface area (Å²) < 4.78 is 5.24. The van der Waals surface area contributed by atoms with Gasteiger partial charge >= 0.3 is 5.97 Å². The van der Waals surface area contributed by atoms with Crippen LogP contribution in [0.25, 0.3) is 0 Å². The average molecular weight is 300 g/mol. The SMILES string of the molecule is CCOC(=O)C(C#N)(C(C)C)C1(C)CN1Cc1ccccc1. The summed E-state index contributed by atoms with van der Waals surface area (Å²) in [6.07, 6.45) is 0. The minimum Gasteiger partial charge on any atom is -0.465 e. The summed E-state index contributed by atoms with van der Waals surface area (Å²) in [6.45, 7) is 9.38. The van der Waals surface area contributed by atoms with Crippen molar-refractivity contribution in [3.05, 3.63) is 35.9 Å². The summed E-state index contributed by atoms with van der Waals surface area (Å²) in [5.41, 5.74) is -0.416. The first-order chi connectivity index (χ1) is 10.4. The van der Waals surface area contributed by atoms with Crippen molar-refractivity contribution < 1.29 is 9.53 Å². The first-order valence-electron chi connectivity index (χ1n) is 7.79. The highest BCUT2D eigenvalue weighted by molar-refractivity contribution is 5.83. The molecule has 0 saturated carbocycles. The van der Waals surface area contributed by atoms with Crippen molar-refractivity contribution in [3.63, 3.8) is 0 Å². The monoisotopic (exact) mass is 300 g/mol. The number of nitriles is 1. The predicted molar refractivity (Wildman–Crippen MR) is 84.8 cm³/mol. The van der Waals surface area contributed by atoms with E-state index in [2.05, 4.69) is 23.1 Å². The van der Waals surface area contributed by atoms with Crippen LogP contribution >= 0.6 is 0 Å². The van der Waals surface area contributed by atoms with Gasteiger partial charge in [-0.1, -0.05) is 44.2 Å². The summed E-state index contributed by atoms with van der Waals surface area (Å²) in [5.74, 6) is -0.507. The van der Waals surface area contributed by atoms with Crippen LogP contribution in [0.2, 0.25) is 0 Å². The fraction of sp³-hybridized carbons (Fsp3) is 0.556. The molecule has 0 aromatic heterocycles. The third kappa shape index (κ3) is 2.50. The maximum atomic E-state index is 12.6. The molecule has 0 amide bonds. The number of carbonyl (C=O) groups excluding carboxylic acids is 1. The molecule has 1 aliphatic heterocycles. The van der Waals surface area contributed by atoms with Gasteiger partial charge in [-0.25, -0.2) is 0 Å². The van der Waals surface area contributed by atoms with E-state index in [-0.39, 0.29) is 5.92 Å². The van der Waals surface area contributed by atoms with Crippen LogP contribution in [0.4, 0.5) is 0 Å². The van der Waals surface area contributed by atoms with Crippen LogP contribution in [0.1, 0.15) is 33.3 Å². The van der Waals surface area contributed by atoms with Gasteiger partial charge in [-0.05, 0) is 25.3 Å². The van der Waals surface area contributed by atoms with Crippen molar-refractivity contribution in [3.8, 4) is 6.07 Å². The Kier molecular flexibility index (Phi) is 4.58. The van der Waals surface area contributed by atoms with Gasteiger partial charge < -0.3 is 4.74 Å². The molecule has 4 heteroatoms. The molecule has 0 radical (unpaired) electrons. The topological polar surface area (TPSA) is 53.1 Å². The molecule has 0 N–H and O–H groups in total. The van der Waals surface area contributed by atoms with Gasteiger partial charge in [0.2, 0.25) is 0 Å². The molecule has 1 heterocycles. The quantitative estimate of drug-likeness (QED) is 0.598. The summed E-state index contributed by atoms with van der Waals surface area (Å²) in [5, 5.41) is 9.83. The Bertz CT molecular complexity index is 578. The van der Waals surface area contributed by atoms with Gasteiger partial charge in [0, 0.05) is 13.1 Å². The van der Waals surface area contributed by atoms with E-state index in [1.165, 1.54) is 5.56 Å². The van der Waals surface area contributed by atoms with Crippen LogP contribution in [-0.2, 0) is 16.1 Å². The van der Waals surface area contributed by atoms with Crippen molar-refractivity contribution in [2.24, 2.45) is 11.3 Å². The minimum absolute atomic E-state index is 0.109. The molecule has 118 valence electrons. The molecule has 3 atom stereocenters. The summed E-state index contributed by atoms with van der Waals surface area (Å²) in [4.78, 5) is 14.7. The molecule has 2 rings (SSSR count). The lowest BCUT2D eigenvalue weighted by Gasteiger charge is -2.34. The first-order valence-corrected chi connectivity index (χ1v) is 7.79. The van der Waals surface area contributed by atoms with E-state index in [1.807, 2.05) is 39.0 Å². The third-order valence-electron chi connectivity index (χ3n) is 4.80. The lowest BCUT2D eigenvalue weighted by molar-refractivity contribution is -0.157. The minimum atomic E-state index is -1.13. The second-order valence-electron chi connectivity index (χ2n) is 6.41. The molecule has 3 unspecified atom stereocenters. The fourth-order valence-electron chi connectivity index (χ4n) is 3.36. The van der Waals surface area contributed by atoms with Crippen molar-refractivity contribution in [1.82, 2.24) is 4.90 Å². The maximum Gasteiger partial charge on any atom is 0.328 e. The van der Waals surface area contributed by atoms with Gasteiger partial charge in [-0.15, -0.1) is 0 Å². The van der Waals surface area contributed by atoms with E-state index in [9.17, 15) is 10.1 Å². The Labute approximate surface area is 132 Å². The summed E-state index contributed by atoms with van der Waals surface area (Å²) >= 11 is 0. The van der Waals surface area contributed by atoms with Crippen molar-refractivity contribution in [1.29, 1.82) is 5.26 Å². The van der Waals surface area contributed by atoms with Crippen LogP contribution in [0.5, 0.6) is 0 Å². The zero-order chi connectivity index (χ0) is 16.4. The Morgan fingerprint density at radius 1 is 1.45 bits per heavy atom. The molecule has 0 spiro atoms. The maximum absolute atomic E-state index is 12.6. The van der Waals surface area contributed by atoms with E-state index in [1.54, 1.807) is 6.92 Å². The standard InChI is InChI=1S/C18H24N2O2/c1-5-22-16(21)18(12-19,14(2)3)17(4)13-20(17)11-15-9-7-6-8-10-15/h6-10,14H,5,11,13H2,1-4H3. The van der Waals surface area contributed by atoms with E-state index in [4.69, 9.17) is 4.74 Å². The van der Waals surface area contributed by atoms with Crippen molar-refractivity contribution in [2.75, 3.05) is 13.2 Å². The van der Waals surface area contributed by atoms with E-state index < -0.39 is 16.9 Å². The highest BCUT2D eigenvalue weighted by atomic mass is 16.5. The zero-order valence-electron chi connectivity index (χ0n) is 13.8. The fourth-order valence-corrected chi connectivity index (χ4v) is 3.36. The van der Waals surface area contributed by atoms with Crippen molar-refractivity contribution in [2.45, 2.75) is 39.8 Å². The lowest BCUT2D eigenvalue weighted by Crippen LogP contribution is -2.49.